The van der Waals surface area contributed by atoms with E-state index in [2.05, 4.69) is 15.0 Å². The third kappa shape index (κ3) is 3.22. The van der Waals surface area contributed by atoms with Gasteiger partial charge in [-0.3, -0.25) is 14.3 Å². The quantitative estimate of drug-likeness (QED) is 0.475. The smallest absolute Gasteiger partial charge is 0.330 e. The second-order valence-electron chi connectivity index (χ2n) is 4.60. The molecule has 112 valence electrons. The second-order valence-corrected chi connectivity index (χ2v) is 4.60. The van der Waals surface area contributed by atoms with E-state index in [1.807, 2.05) is 0 Å². The van der Waals surface area contributed by atoms with Crippen molar-refractivity contribution < 1.29 is 9.84 Å². The van der Waals surface area contributed by atoms with Gasteiger partial charge in [0.25, 0.3) is 5.56 Å². The molecule has 0 radical (unpaired) electrons. The first-order valence-corrected chi connectivity index (χ1v) is 6.39. The van der Waals surface area contributed by atoms with Crippen LogP contribution in [-0.2, 0) is 4.74 Å². The van der Waals surface area contributed by atoms with Gasteiger partial charge in [0.15, 0.2) is 0 Å². The Balaban J connectivity index is 2.31. The minimum absolute atomic E-state index is 0.0199. The van der Waals surface area contributed by atoms with E-state index in [1.54, 1.807) is 19.1 Å². The molecule has 1 aromatic rings. The summed E-state index contributed by atoms with van der Waals surface area (Å²) in [5.41, 5.74) is 7.49. The van der Waals surface area contributed by atoms with Crippen molar-refractivity contribution >= 4 is 6.08 Å². The maximum Gasteiger partial charge on any atom is 0.330 e. The summed E-state index contributed by atoms with van der Waals surface area (Å²) in [5.74, 6) is 0. The first-order chi connectivity index (χ1) is 10.1. The Morgan fingerprint density at radius 1 is 1.67 bits per heavy atom. The predicted octanol–water partition coefficient (Wildman–Crippen LogP) is 0.528. The third-order valence-electron chi connectivity index (χ3n) is 3.18. The van der Waals surface area contributed by atoms with E-state index in [-0.39, 0.29) is 13.0 Å². The lowest BCUT2D eigenvalue weighted by Crippen LogP contribution is -2.33. The fourth-order valence-corrected chi connectivity index (χ4v) is 2.18. The number of aliphatic hydroxyl groups excluding tert-OH is 1. The van der Waals surface area contributed by atoms with Crippen LogP contribution in [0.1, 0.15) is 25.1 Å². The molecule has 0 spiro atoms. The minimum Gasteiger partial charge on any atom is -0.390 e. The Bertz CT molecular complexity index is 700. The van der Waals surface area contributed by atoms with Crippen LogP contribution in [0.15, 0.2) is 27.0 Å². The van der Waals surface area contributed by atoms with Crippen molar-refractivity contribution in [1.29, 1.82) is 0 Å². The molecule has 3 atom stereocenters. The van der Waals surface area contributed by atoms with E-state index in [9.17, 15) is 14.7 Å². The lowest BCUT2D eigenvalue weighted by molar-refractivity contribution is -0.0151. The highest BCUT2D eigenvalue weighted by Gasteiger charge is 2.35. The van der Waals surface area contributed by atoms with Gasteiger partial charge in [0.1, 0.15) is 6.23 Å². The highest BCUT2D eigenvalue weighted by Crippen LogP contribution is 2.27. The molecule has 2 heterocycles. The molecule has 0 saturated carbocycles. The number of nitrogens with zero attached hydrogens (tertiary/aromatic N) is 4. The Morgan fingerprint density at radius 2 is 2.43 bits per heavy atom. The molecule has 0 amide bonds. The summed E-state index contributed by atoms with van der Waals surface area (Å²) in [7, 11) is 0. The molecule has 0 aliphatic carbocycles. The number of aliphatic hydroxyl groups is 1. The topological polar surface area (TPSA) is 133 Å². The van der Waals surface area contributed by atoms with Crippen molar-refractivity contribution in [2.24, 2.45) is 5.11 Å². The molecule has 9 nitrogen and oxygen atoms in total. The molecular weight excluding hydrogens is 278 g/mol. The summed E-state index contributed by atoms with van der Waals surface area (Å²) in [5, 5.41) is 13.2. The van der Waals surface area contributed by atoms with Gasteiger partial charge in [0, 0.05) is 17.5 Å². The maximum absolute atomic E-state index is 11.9. The van der Waals surface area contributed by atoms with Crippen LogP contribution in [-0.4, -0.2) is 33.4 Å². The van der Waals surface area contributed by atoms with Crippen LogP contribution in [0.2, 0.25) is 0 Å². The number of rotatable bonds is 4. The number of aromatic amines is 1. The number of hydrogen-bond acceptors (Lipinski definition) is 5. The number of azide groups is 1. The average Bonchev–Trinajstić information content (AvgIpc) is 2.80. The molecular formula is C12H15N5O4. The van der Waals surface area contributed by atoms with Gasteiger partial charge in [-0.1, -0.05) is 17.3 Å². The number of aromatic nitrogens is 2. The Hall–Kier alpha value is -2.35. The van der Waals surface area contributed by atoms with Gasteiger partial charge >= 0.3 is 5.69 Å². The fraction of sp³-hybridized carbons (Fsp3) is 0.500. The summed E-state index contributed by atoms with van der Waals surface area (Å²) in [4.78, 5) is 28.3. The summed E-state index contributed by atoms with van der Waals surface area (Å²) < 4.78 is 6.74. The largest absolute Gasteiger partial charge is 0.390 e. The molecule has 2 N–H and O–H groups in total. The number of hydrogen-bond donors (Lipinski definition) is 2. The van der Waals surface area contributed by atoms with Crippen molar-refractivity contribution in [2.45, 2.75) is 31.8 Å². The van der Waals surface area contributed by atoms with Gasteiger partial charge < -0.3 is 9.84 Å². The van der Waals surface area contributed by atoms with Gasteiger partial charge in [0.05, 0.1) is 24.3 Å². The Kier molecular flexibility index (Phi) is 4.59. The van der Waals surface area contributed by atoms with Crippen molar-refractivity contribution in [1.82, 2.24) is 9.55 Å². The normalized spacial score (nSPS) is 25.1. The standard InChI is InChI=1S/C12H15N5O4/c1-2-3-7-6-17(12(20)15-11(7)19)10-4-8(18)9(21-10)5-14-16-13/h2-3,6,8-10,18H,4-5H2,1H3,(H,15,19,20)/b3-2+. The summed E-state index contributed by atoms with van der Waals surface area (Å²) in [6.07, 6.45) is 2.57. The monoisotopic (exact) mass is 293 g/mol. The second kappa shape index (κ2) is 6.40. The number of allylic oxidation sites excluding steroid dienone is 1. The predicted molar refractivity (Wildman–Crippen MR) is 74.6 cm³/mol. The van der Waals surface area contributed by atoms with E-state index in [0.717, 1.165) is 0 Å². The maximum atomic E-state index is 11.9. The van der Waals surface area contributed by atoms with Crippen LogP contribution in [0.3, 0.4) is 0 Å². The zero-order valence-corrected chi connectivity index (χ0v) is 11.3. The Morgan fingerprint density at radius 3 is 3.10 bits per heavy atom. The van der Waals surface area contributed by atoms with Crippen molar-refractivity contribution in [3.05, 3.63) is 49.1 Å². The highest BCUT2D eigenvalue weighted by atomic mass is 16.5. The van der Waals surface area contributed by atoms with E-state index in [0.29, 0.717) is 5.56 Å². The molecule has 0 bridgehead atoms. The lowest BCUT2D eigenvalue weighted by atomic mass is 10.2. The molecule has 2 rings (SSSR count). The summed E-state index contributed by atoms with van der Waals surface area (Å²) >= 11 is 0. The van der Waals surface area contributed by atoms with E-state index in [1.165, 1.54) is 10.8 Å². The third-order valence-corrected chi connectivity index (χ3v) is 3.18. The van der Waals surface area contributed by atoms with Crippen LogP contribution in [0, 0.1) is 0 Å². The van der Waals surface area contributed by atoms with E-state index in [4.69, 9.17) is 10.3 Å². The molecule has 1 aliphatic rings. The van der Waals surface area contributed by atoms with Crippen LogP contribution in [0.4, 0.5) is 0 Å². The molecule has 1 aliphatic heterocycles. The number of nitrogens with one attached hydrogen (secondary N) is 1. The summed E-state index contributed by atoms with van der Waals surface area (Å²) in [6, 6.07) is 0. The molecule has 3 unspecified atom stereocenters. The first-order valence-electron chi connectivity index (χ1n) is 6.39. The van der Waals surface area contributed by atoms with Crippen molar-refractivity contribution in [3.63, 3.8) is 0 Å². The fourth-order valence-electron chi connectivity index (χ4n) is 2.18. The zero-order valence-electron chi connectivity index (χ0n) is 11.3. The zero-order chi connectivity index (χ0) is 15.4. The minimum atomic E-state index is -0.843. The molecule has 0 aromatic carbocycles. The van der Waals surface area contributed by atoms with E-state index >= 15 is 0 Å². The molecule has 21 heavy (non-hydrogen) atoms. The van der Waals surface area contributed by atoms with Gasteiger partial charge in [-0.2, -0.15) is 0 Å². The van der Waals surface area contributed by atoms with Crippen LogP contribution in [0.5, 0.6) is 0 Å². The number of H-pyrrole nitrogens is 1. The number of ether oxygens (including phenoxy) is 1. The lowest BCUT2D eigenvalue weighted by Gasteiger charge is -2.14. The van der Waals surface area contributed by atoms with Crippen LogP contribution >= 0.6 is 0 Å². The highest BCUT2D eigenvalue weighted by molar-refractivity contribution is 5.45. The average molecular weight is 293 g/mol. The van der Waals surface area contributed by atoms with E-state index < -0.39 is 29.7 Å². The first kappa shape index (κ1) is 15.0. The SMILES string of the molecule is C/C=C/c1cn(C2CC(O)C(CN=[N+]=[N-])O2)c(=O)[nH]c1=O. The molecule has 9 heteroatoms. The van der Waals surface area contributed by atoms with Crippen molar-refractivity contribution in [2.75, 3.05) is 6.54 Å². The van der Waals surface area contributed by atoms with Gasteiger partial charge in [-0.05, 0) is 12.5 Å². The molecule has 1 saturated heterocycles. The van der Waals surface area contributed by atoms with Gasteiger partial charge in [0.2, 0.25) is 0 Å². The molecule has 1 aromatic heterocycles. The van der Waals surface area contributed by atoms with Crippen molar-refractivity contribution in [3.8, 4) is 0 Å². The van der Waals surface area contributed by atoms with Crippen LogP contribution in [0.25, 0.3) is 16.5 Å². The molecule has 1 fully saturated rings. The Labute approximate surface area is 119 Å². The van der Waals surface area contributed by atoms with Gasteiger partial charge in [-0.25, -0.2) is 4.79 Å². The van der Waals surface area contributed by atoms with Gasteiger partial charge in [-0.15, -0.1) is 0 Å². The van der Waals surface area contributed by atoms with Crippen LogP contribution < -0.4 is 11.2 Å². The summed E-state index contributed by atoms with van der Waals surface area (Å²) in [6.45, 7) is 1.73.